The van der Waals surface area contributed by atoms with Gasteiger partial charge in [0.2, 0.25) is 0 Å². The van der Waals surface area contributed by atoms with Gasteiger partial charge in [-0.2, -0.15) is 0 Å². The molecule has 6 heteroatoms. The Morgan fingerprint density at radius 1 is 0.871 bits per heavy atom. The molecule has 0 aliphatic heterocycles. The summed E-state index contributed by atoms with van der Waals surface area (Å²) in [6.07, 6.45) is -0.735. The molecule has 2 amide bonds. The van der Waals surface area contributed by atoms with Gasteiger partial charge in [0.25, 0.3) is 11.8 Å². The second kappa shape index (κ2) is 10.3. The number of carbonyl (C=O) groups is 2. The van der Waals surface area contributed by atoms with Crippen LogP contribution in [0.15, 0.2) is 72.8 Å². The molecule has 0 unspecified atom stereocenters. The second-order valence-corrected chi connectivity index (χ2v) is 6.97. The molecule has 3 rings (SSSR count). The number of rotatable bonds is 8. The van der Waals surface area contributed by atoms with Crippen molar-refractivity contribution in [1.29, 1.82) is 0 Å². The number of aryl methyl sites for hydroxylation is 1. The average Bonchev–Trinajstić information content (AvgIpc) is 2.77. The van der Waals surface area contributed by atoms with Gasteiger partial charge in [0.1, 0.15) is 11.5 Å². The molecule has 2 N–H and O–H groups in total. The van der Waals surface area contributed by atoms with E-state index in [1.54, 1.807) is 43.3 Å². The van der Waals surface area contributed by atoms with Gasteiger partial charge >= 0.3 is 0 Å². The first-order valence-electron chi connectivity index (χ1n) is 10.1. The van der Waals surface area contributed by atoms with Crippen LogP contribution >= 0.6 is 0 Å². The third-order valence-electron chi connectivity index (χ3n) is 4.64. The number of benzene rings is 3. The van der Waals surface area contributed by atoms with Crippen LogP contribution in [0, 0.1) is 6.92 Å². The van der Waals surface area contributed by atoms with Crippen LogP contribution in [0.2, 0.25) is 0 Å². The van der Waals surface area contributed by atoms with Crippen LogP contribution in [0.3, 0.4) is 0 Å². The largest absolute Gasteiger partial charge is 0.492 e. The maximum Gasteiger partial charge on any atom is 0.265 e. The van der Waals surface area contributed by atoms with E-state index in [-0.39, 0.29) is 11.8 Å². The van der Waals surface area contributed by atoms with Crippen LogP contribution in [-0.4, -0.2) is 24.5 Å². The van der Waals surface area contributed by atoms with Crippen molar-refractivity contribution in [2.24, 2.45) is 0 Å². The Kier molecular flexibility index (Phi) is 7.27. The fraction of sp³-hybridized carbons (Fsp3) is 0.200. The van der Waals surface area contributed by atoms with Crippen molar-refractivity contribution >= 4 is 23.2 Å². The summed E-state index contributed by atoms with van der Waals surface area (Å²) in [6.45, 7) is 5.99. The molecule has 3 aromatic carbocycles. The quantitative estimate of drug-likeness (QED) is 0.537. The molecule has 0 bridgehead atoms. The number of hydrogen-bond donors (Lipinski definition) is 2. The van der Waals surface area contributed by atoms with Crippen molar-refractivity contribution < 1.29 is 19.1 Å². The highest BCUT2D eigenvalue weighted by Crippen LogP contribution is 2.24. The Labute approximate surface area is 182 Å². The summed E-state index contributed by atoms with van der Waals surface area (Å²) in [5.74, 6) is 0.593. The van der Waals surface area contributed by atoms with E-state index >= 15 is 0 Å². The van der Waals surface area contributed by atoms with Crippen LogP contribution in [-0.2, 0) is 4.79 Å². The lowest BCUT2D eigenvalue weighted by Gasteiger charge is -2.16. The van der Waals surface area contributed by atoms with Crippen LogP contribution in [0.4, 0.5) is 11.4 Å². The molecule has 0 aliphatic carbocycles. The summed E-state index contributed by atoms with van der Waals surface area (Å²) in [4.78, 5) is 25.0. The fourth-order valence-electron chi connectivity index (χ4n) is 2.94. The maximum absolute atomic E-state index is 12.5. The van der Waals surface area contributed by atoms with E-state index in [0.29, 0.717) is 29.4 Å². The SMILES string of the molecule is CCOc1ccccc1NC(=O)[C@H](C)Oc1ccc(C(=O)Nc2ccccc2C)cc1. The van der Waals surface area contributed by atoms with Crippen molar-refractivity contribution in [2.45, 2.75) is 26.9 Å². The molecule has 31 heavy (non-hydrogen) atoms. The number of carbonyl (C=O) groups excluding carboxylic acids is 2. The Hall–Kier alpha value is -3.80. The van der Waals surface area contributed by atoms with Crippen molar-refractivity contribution in [3.63, 3.8) is 0 Å². The number of amides is 2. The van der Waals surface area contributed by atoms with Crippen LogP contribution < -0.4 is 20.1 Å². The first-order valence-corrected chi connectivity index (χ1v) is 10.1. The Morgan fingerprint density at radius 2 is 1.52 bits per heavy atom. The molecule has 0 aromatic heterocycles. The van der Waals surface area contributed by atoms with Crippen molar-refractivity contribution in [3.8, 4) is 11.5 Å². The minimum Gasteiger partial charge on any atom is -0.492 e. The van der Waals surface area contributed by atoms with E-state index < -0.39 is 6.10 Å². The molecule has 0 heterocycles. The normalized spacial score (nSPS) is 11.3. The molecule has 0 saturated carbocycles. The predicted octanol–water partition coefficient (Wildman–Crippen LogP) is 5.05. The predicted molar refractivity (Wildman–Crippen MR) is 122 cm³/mol. The molecule has 0 saturated heterocycles. The average molecular weight is 418 g/mol. The van der Waals surface area contributed by atoms with Crippen LogP contribution in [0.25, 0.3) is 0 Å². The van der Waals surface area contributed by atoms with Gasteiger partial charge in [-0.1, -0.05) is 30.3 Å². The highest BCUT2D eigenvalue weighted by Gasteiger charge is 2.17. The minimum absolute atomic E-state index is 0.209. The van der Waals surface area contributed by atoms with Gasteiger partial charge in [-0.15, -0.1) is 0 Å². The fourth-order valence-corrected chi connectivity index (χ4v) is 2.94. The summed E-state index contributed by atoms with van der Waals surface area (Å²) < 4.78 is 11.3. The molecule has 0 radical (unpaired) electrons. The number of nitrogens with one attached hydrogen (secondary N) is 2. The van der Waals surface area contributed by atoms with Crippen LogP contribution in [0.5, 0.6) is 11.5 Å². The summed E-state index contributed by atoms with van der Waals surface area (Å²) in [5, 5.41) is 5.72. The zero-order valence-electron chi connectivity index (χ0n) is 17.8. The second-order valence-electron chi connectivity index (χ2n) is 6.97. The highest BCUT2D eigenvalue weighted by molar-refractivity contribution is 6.04. The molecule has 3 aromatic rings. The molecular formula is C25H26N2O4. The molecule has 0 spiro atoms. The lowest BCUT2D eigenvalue weighted by atomic mass is 10.1. The van der Waals surface area contributed by atoms with Crippen molar-refractivity contribution in [2.75, 3.05) is 17.2 Å². The lowest BCUT2D eigenvalue weighted by molar-refractivity contribution is -0.122. The van der Waals surface area contributed by atoms with E-state index in [4.69, 9.17) is 9.47 Å². The highest BCUT2D eigenvalue weighted by atomic mass is 16.5. The maximum atomic E-state index is 12.5. The first-order chi connectivity index (χ1) is 15.0. The zero-order chi connectivity index (χ0) is 22.2. The summed E-state index contributed by atoms with van der Waals surface area (Å²) in [5.41, 5.74) is 2.85. The Balaban J connectivity index is 1.59. The van der Waals surface area contributed by atoms with Gasteiger partial charge in [0, 0.05) is 11.3 Å². The molecule has 0 fully saturated rings. The van der Waals surface area contributed by atoms with E-state index in [9.17, 15) is 9.59 Å². The third-order valence-corrected chi connectivity index (χ3v) is 4.64. The number of para-hydroxylation sites is 3. The van der Waals surface area contributed by atoms with Gasteiger partial charge in [0.15, 0.2) is 6.10 Å². The zero-order valence-corrected chi connectivity index (χ0v) is 17.8. The molecular weight excluding hydrogens is 392 g/mol. The number of ether oxygens (including phenoxy) is 2. The van der Waals surface area contributed by atoms with E-state index in [2.05, 4.69) is 10.6 Å². The standard InChI is InChI=1S/C25H26N2O4/c1-4-30-23-12-8-7-11-22(23)27-24(28)18(3)31-20-15-13-19(14-16-20)25(29)26-21-10-6-5-9-17(21)2/h5-16,18H,4H2,1-3H3,(H,26,29)(H,27,28)/t18-/m0/s1. The number of hydrogen-bond acceptors (Lipinski definition) is 4. The molecule has 1 atom stereocenters. The Bertz CT molecular complexity index is 1050. The van der Waals surface area contributed by atoms with E-state index in [0.717, 1.165) is 11.3 Å². The van der Waals surface area contributed by atoms with Crippen molar-refractivity contribution in [3.05, 3.63) is 83.9 Å². The third kappa shape index (κ3) is 5.85. The van der Waals surface area contributed by atoms with Gasteiger partial charge in [-0.25, -0.2) is 0 Å². The van der Waals surface area contributed by atoms with Gasteiger partial charge < -0.3 is 20.1 Å². The van der Waals surface area contributed by atoms with Gasteiger partial charge in [0.05, 0.1) is 12.3 Å². The van der Waals surface area contributed by atoms with Crippen molar-refractivity contribution in [1.82, 2.24) is 0 Å². The summed E-state index contributed by atoms with van der Waals surface area (Å²) >= 11 is 0. The summed E-state index contributed by atoms with van der Waals surface area (Å²) in [7, 11) is 0. The topological polar surface area (TPSA) is 76.7 Å². The number of anilines is 2. The first kappa shape index (κ1) is 21.9. The Morgan fingerprint density at radius 3 is 2.19 bits per heavy atom. The molecule has 160 valence electrons. The van der Waals surface area contributed by atoms with Gasteiger partial charge in [-0.05, 0) is 68.8 Å². The summed E-state index contributed by atoms with van der Waals surface area (Å²) in [6, 6.07) is 21.5. The monoisotopic (exact) mass is 418 g/mol. The molecule has 6 nitrogen and oxygen atoms in total. The molecule has 0 aliphatic rings. The van der Waals surface area contributed by atoms with E-state index in [1.807, 2.05) is 50.2 Å². The lowest BCUT2D eigenvalue weighted by Crippen LogP contribution is -2.30. The minimum atomic E-state index is -0.735. The van der Waals surface area contributed by atoms with E-state index in [1.165, 1.54) is 0 Å². The van der Waals surface area contributed by atoms with Crippen LogP contribution in [0.1, 0.15) is 29.8 Å². The van der Waals surface area contributed by atoms with Gasteiger partial charge in [-0.3, -0.25) is 9.59 Å². The smallest absolute Gasteiger partial charge is 0.265 e.